The van der Waals surface area contributed by atoms with E-state index in [-0.39, 0.29) is 22.8 Å². The van der Waals surface area contributed by atoms with E-state index in [0.717, 1.165) is 6.07 Å². The molecule has 3 aromatic rings. The lowest BCUT2D eigenvalue weighted by Crippen LogP contribution is -2.22. The predicted octanol–water partition coefficient (Wildman–Crippen LogP) is 1.10. The number of H-pyrrole nitrogens is 1. The second-order valence-corrected chi connectivity index (χ2v) is 4.89. The quantitative estimate of drug-likeness (QED) is 0.424. The van der Waals surface area contributed by atoms with Crippen molar-refractivity contribution in [3.63, 3.8) is 0 Å². The molecular weight excluding hydrogens is 312 g/mol. The lowest BCUT2D eigenvalue weighted by Gasteiger charge is -2.03. The third kappa shape index (κ3) is 2.93. The van der Waals surface area contributed by atoms with Crippen LogP contribution in [0, 0.1) is 0 Å². The maximum atomic E-state index is 12.2. The summed E-state index contributed by atoms with van der Waals surface area (Å²) >= 11 is 0. The van der Waals surface area contributed by atoms with Crippen LogP contribution in [-0.2, 0) is 0 Å². The van der Waals surface area contributed by atoms with E-state index < -0.39 is 5.91 Å². The molecule has 0 aliphatic rings. The highest BCUT2D eigenvalue weighted by atomic mass is 16.3. The number of hydrazone groups is 1. The lowest BCUT2D eigenvalue weighted by atomic mass is 10.1. The van der Waals surface area contributed by atoms with Gasteiger partial charge in [0.25, 0.3) is 11.5 Å². The molecule has 0 unspecified atom stereocenters. The molecule has 0 aliphatic carbocycles. The summed E-state index contributed by atoms with van der Waals surface area (Å²) in [6, 6.07) is 10.5. The highest BCUT2D eigenvalue weighted by Gasteiger charge is 2.13. The highest BCUT2D eigenvalue weighted by Crippen LogP contribution is 2.20. The van der Waals surface area contributed by atoms with Crippen LogP contribution in [-0.4, -0.2) is 32.5 Å². The Hall–Kier alpha value is -3.68. The zero-order chi connectivity index (χ0) is 17.1. The third-order valence-electron chi connectivity index (χ3n) is 3.29. The van der Waals surface area contributed by atoms with Crippen molar-refractivity contribution in [3.8, 4) is 11.5 Å². The zero-order valence-electron chi connectivity index (χ0n) is 12.2. The molecule has 1 amide bonds. The van der Waals surface area contributed by atoms with Crippen molar-refractivity contribution in [1.29, 1.82) is 0 Å². The number of hydrogen-bond donors (Lipinski definition) is 4. The second-order valence-electron chi connectivity index (χ2n) is 4.89. The van der Waals surface area contributed by atoms with Crippen LogP contribution in [0.1, 0.15) is 16.1 Å². The van der Waals surface area contributed by atoms with E-state index in [1.807, 2.05) is 0 Å². The van der Waals surface area contributed by atoms with Crippen LogP contribution in [0.3, 0.4) is 0 Å². The molecule has 4 N–H and O–H groups in total. The standard InChI is InChI=1S/C16H12N4O4/c21-10-6-5-9(13(22)7-10)8-17-19-16(24)14-11-3-1-2-4-12(11)15(23)20-18-14/h1-8,21-22H,(H,19,24)(H,20,23)/b17-8+. The Balaban J connectivity index is 1.84. The average molecular weight is 324 g/mol. The van der Waals surface area contributed by atoms with Crippen LogP contribution < -0.4 is 11.0 Å². The molecule has 0 saturated heterocycles. The first kappa shape index (κ1) is 15.2. The zero-order valence-corrected chi connectivity index (χ0v) is 12.2. The van der Waals surface area contributed by atoms with Crippen LogP contribution in [0.5, 0.6) is 11.5 Å². The molecule has 0 fully saturated rings. The number of phenols is 2. The van der Waals surface area contributed by atoms with E-state index in [4.69, 9.17) is 0 Å². The van der Waals surface area contributed by atoms with Crippen molar-refractivity contribution >= 4 is 22.9 Å². The minimum absolute atomic E-state index is 0.0253. The van der Waals surface area contributed by atoms with Crippen LogP contribution in [0.2, 0.25) is 0 Å². The number of nitrogens with one attached hydrogen (secondary N) is 2. The first-order valence-electron chi connectivity index (χ1n) is 6.89. The van der Waals surface area contributed by atoms with Gasteiger partial charge in [-0.2, -0.15) is 10.2 Å². The number of aromatic amines is 1. The van der Waals surface area contributed by atoms with Gasteiger partial charge in [0, 0.05) is 17.0 Å². The molecule has 1 aromatic heterocycles. The van der Waals surface area contributed by atoms with E-state index in [2.05, 4.69) is 20.7 Å². The van der Waals surface area contributed by atoms with Gasteiger partial charge in [0.2, 0.25) is 0 Å². The summed E-state index contributed by atoms with van der Waals surface area (Å²) in [6.07, 6.45) is 1.22. The number of benzene rings is 2. The number of phenolic OH excluding ortho intramolecular Hbond substituents is 2. The summed E-state index contributed by atoms with van der Waals surface area (Å²) in [5.41, 5.74) is 2.22. The smallest absolute Gasteiger partial charge is 0.292 e. The fourth-order valence-electron chi connectivity index (χ4n) is 2.14. The van der Waals surface area contributed by atoms with Gasteiger partial charge in [-0.1, -0.05) is 18.2 Å². The second kappa shape index (κ2) is 6.21. The monoisotopic (exact) mass is 324 g/mol. The summed E-state index contributed by atoms with van der Waals surface area (Å²) in [4.78, 5) is 23.9. The first-order chi connectivity index (χ1) is 11.6. The SMILES string of the molecule is O=C(N/N=C/c1ccc(O)cc1O)c1n[nH]c(=O)c2ccccc12. The van der Waals surface area contributed by atoms with Gasteiger partial charge in [0.15, 0.2) is 5.69 Å². The molecule has 0 saturated carbocycles. The van der Waals surface area contributed by atoms with Gasteiger partial charge in [0.1, 0.15) is 11.5 Å². The molecule has 120 valence electrons. The van der Waals surface area contributed by atoms with Gasteiger partial charge < -0.3 is 10.2 Å². The van der Waals surface area contributed by atoms with Crippen molar-refractivity contribution in [2.24, 2.45) is 5.10 Å². The lowest BCUT2D eigenvalue weighted by molar-refractivity contribution is 0.0951. The molecule has 1 heterocycles. The van der Waals surface area contributed by atoms with Crippen molar-refractivity contribution in [3.05, 3.63) is 64.1 Å². The molecule has 24 heavy (non-hydrogen) atoms. The molecule has 0 bridgehead atoms. The third-order valence-corrected chi connectivity index (χ3v) is 3.29. The summed E-state index contributed by atoms with van der Waals surface area (Å²) in [6.45, 7) is 0. The Kier molecular flexibility index (Phi) is 3.94. The molecule has 0 aliphatic heterocycles. The van der Waals surface area contributed by atoms with Crippen molar-refractivity contribution < 1.29 is 15.0 Å². The first-order valence-corrected chi connectivity index (χ1v) is 6.89. The molecule has 8 nitrogen and oxygen atoms in total. The number of carbonyl (C=O) groups is 1. The Bertz CT molecular complexity index is 1010. The van der Waals surface area contributed by atoms with E-state index in [1.54, 1.807) is 24.3 Å². The van der Waals surface area contributed by atoms with E-state index >= 15 is 0 Å². The molecule has 8 heteroatoms. The van der Waals surface area contributed by atoms with Crippen LogP contribution in [0.25, 0.3) is 10.8 Å². The van der Waals surface area contributed by atoms with Gasteiger partial charge in [0.05, 0.1) is 11.6 Å². The number of amides is 1. The van der Waals surface area contributed by atoms with Crippen LogP contribution in [0.15, 0.2) is 52.4 Å². The normalized spacial score (nSPS) is 11.0. The highest BCUT2D eigenvalue weighted by molar-refractivity contribution is 6.04. The fraction of sp³-hybridized carbons (Fsp3) is 0. The number of rotatable bonds is 3. The maximum absolute atomic E-state index is 12.2. The molecule has 0 atom stereocenters. The fourth-order valence-corrected chi connectivity index (χ4v) is 2.14. The van der Waals surface area contributed by atoms with Gasteiger partial charge >= 0.3 is 0 Å². The number of carbonyl (C=O) groups excluding carboxylic acids is 1. The minimum atomic E-state index is -0.614. The number of hydrogen-bond acceptors (Lipinski definition) is 6. The summed E-state index contributed by atoms with van der Waals surface area (Å²) in [7, 11) is 0. The van der Waals surface area contributed by atoms with Crippen LogP contribution >= 0.6 is 0 Å². The predicted molar refractivity (Wildman–Crippen MR) is 87.2 cm³/mol. The molecule has 2 aromatic carbocycles. The van der Waals surface area contributed by atoms with Crippen molar-refractivity contribution in [2.45, 2.75) is 0 Å². The molecular formula is C16H12N4O4. The molecule has 0 radical (unpaired) electrons. The molecule has 3 rings (SSSR count). The number of aromatic hydroxyl groups is 2. The average Bonchev–Trinajstić information content (AvgIpc) is 2.57. The van der Waals surface area contributed by atoms with Gasteiger partial charge in [-0.05, 0) is 18.2 Å². The van der Waals surface area contributed by atoms with E-state index in [9.17, 15) is 19.8 Å². The largest absolute Gasteiger partial charge is 0.508 e. The summed E-state index contributed by atoms with van der Waals surface area (Å²) in [5.74, 6) is -0.879. The van der Waals surface area contributed by atoms with Gasteiger partial charge in [-0.3, -0.25) is 9.59 Å². The maximum Gasteiger partial charge on any atom is 0.292 e. The van der Waals surface area contributed by atoms with Crippen molar-refractivity contribution in [1.82, 2.24) is 15.6 Å². The number of fused-ring (bicyclic) bond motifs is 1. The Labute approximate surface area is 135 Å². The Morgan fingerprint density at radius 2 is 1.92 bits per heavy atom. The van der Waals surface area contributed by atoms with Gasteiger partial charge in [-0.15, -0.1) is 0 Å². The van der Waals surface area contributed by atoms with E-state index in [0.29, 0.717) is 16.3 Å². The molecule has 0 spiro atoms. The topological polar surface area (TPSA) is 128 Å². The van der Waals surface area contributed by atoms with E-state index in [1.165, 1.54) is 18.3 Å². The Morgan fingerprint density at radius 3 is 2.67 bits per heavy atom. The minimum Gasteiger partial charge on any atom is -0.508 e. The number of nitrogens with zero attached hydrogens (tertiary/aromatic N) is 2. The Morgan fingerprint density at radius 1 is 1.17 bits per heavy atom. The summed E-state index contributed by atoms with van der Waals surface area (Å²) in [5, 5.41) is 29.3. The number of aromatic nitrogens is 2. The van der Waals surface area contributed by atoms with Crippen molar-refractivity contribution in [2.75, 3.05) is 0 Å². The van der Waals surface area contributed by atoms with Crippen LogP contribution in [0.4, 0.5) is 0 Å². The summed E-state index contributed by atoms with van der Waals surface area (Å²) < 4.78 is 0. The van der Waals surface area contributed by atoms with Gasteiger partial charge in [-0.25, -0.2) is 10.5 Å².